The number of nitrogen functional groups attached to an aromatic ring is 1. The average molecular weight is 281 g/mol. The van der Waals surface area contributed by atoms with E-state index in [0.717, 1.165) is 0 Å². The van der Waals surface area contributed by atoms with Crippen LogP contribution in [0.1, 0.15) is 5.69 Å². The Morgan fingerprint density at radius 1 is 1.32 bits per heavy atom. The number of hydrogen-bond donors (Lipinski definition) is 2. The minimum absolute atomic E-state index is 0.283. The topological polar surface area (TPSA) is 54.2 Å². The van der Waals surface area contributed by atoms with E-state index in [1.165, 1.54) is 6.07 Å². The van der Waals surface area contributed by atoms with Crippen LogP contribution in [0, 0.1) is 5.82 Å². The Balaban J connectivity index is 2.24. The highest BCUT2D eigenvalue weighted by Gasteiger charge is 2.10. The Hall–Kier alpha value is -1.85. The van der Waals surface area contributed by atoms with Crippen molar-refractivity contribution in [2.45, 2.75) is 6.54 Å². The van der Waals surface area contributed by atoms with Gasteiger partial charge in [0.2, 0.25) is 0 Å². The third-order valence-corrected chi connectivity index (χ3v) is 3.06. The molecule has 0 fully saturated rings. The largest absolute Gasteiger partial charge is 0.366 e. The normalized spacial score (nSPS) is 10.3. The van der Waals surface area contributed by atoms with E-state index in [0.29, 0.717) is 28.8 Å². The van der Waals surface area contributed by atoms with Crippen molar-refractivity contribution in [3.8, 4) is 0 Å². The zero-order chi connectivity index (χ0) is 13.8. The molecular weight excluding hydrogens is 267 g/mol. The molecule has 0 aliphatic rings. The molecule has 100 valence electrons. The van der Waals surface area contributed by atoms with E-state index in [1.54, 1.807) is 42.3 Å². The first kappa shape index (κ1) is 13.6. The highest BCUT2D eigenvalue weighted by atomic mass is 35.5. The van der Waals surface area contributed by atoms with Crippen molar-refractivity contribution in [3.05, 3.63) is 52.9 Å². The number of pyridine rings is 1. The molecular formula is C13H14ClFN4. The van der Waals surface area contributed by atoms with E-state index < -0.39 is 0 Å². The lowest BCUT2D eigenvalue weighted by atomic mass is 10.2. The first-order valence-electron chi connectivity index (χ1n) is 5.69. The zero-order valence-electron chi connectivity index (χ0n) is 10.4. The van der Waals surface area contributed by atoms with Gasteiger partial charge >= 0.3 is 0 Å². The quantitative estimate of drug-likeness (QED) is 0.668. The first-order chi connectivity index (χ1) is 9.11. The fourth-order valence-corrected chi connectivity index (χ4v) is 1.91. The molecule has 0 saturated heterocycles. The van der Waals surface area contributed by atoms with Crippen molar-refractivity contribution in [1.82, 2.24) is 4.98 Å². The second kappa shape index (κ2) is 5.86. The summed E-state index contributed by atoms with van der Waals surface area (Å²) in [5.41, 5.74) is 3.58. The summed E-state index contributed by atoms with van der Waals surface area (Å²) in [5, 5.41) is 0.516. The number of benzene rings is 1. The summed E-state index contributed by atoms with van der Waals surface area (Å²) in [7, 11) is 1.78. The predicted molar refractivity (Wildman–Crippen MR) is 75.6 cm³/mol. The van der Waals surface area contributed by atoms with Crippen LogP contribution in [0.5, 0.6) is 0 Å². The zero-order valence-corrected chi connectivity index (χ0v) is 11.2. The predicted octanol–water partition coefficient (Wildman–Crippen LogP) is 2.80. The van der Waals surface area contributed by atoms with Gasteiger partial charge in [0.25, 0.3) is 0 Å². The number of nitrogens with two attached hydrogens (primary N) is 1. The molecule has 0 spiro atoms. The third kappa shape index (κ3) is 3.13. The van der Waals surface area contributed by atoms with Gasteiger partial charge in [0.15, 0.2) is 0 Å². The summed E-state index contributed by atoms with van der Waals surface area (Å²) >= 11 is 6.07. The molecule has 0 amide bonds. The molecule has 1 aromatic carbocycles. The Labute approximate surface area is 116 Å². The van der Waals surface area contributed by atoms with Crippen LogP contribution in [-0.2, 0) is 6.54 Å². The second-order valence-corrected chi connectivity index (χ2v) is 4.48. The Kier molecular flexibility index (Phi) is 4.19. The molecule has 0 radical (unpaired) electrons. The van der Waals surface area contributed by atoms with Gasteiger partial charge in [0, 0.05) is 7.05 Å². The fraction of sp³-hybridized carbons (Fsp3) is 0.154. The molecule has 0 bridgehead atoms. The van der Waals surface area contributed by atoms with Crippen LogP contribution in [0.2, 0.25) is 5.02 Å². The maximum absolute atomic E-state index is 13.7. The van der Waals surface area contributed by atoms with Crippen molar-refractivity contribution < 1.29 is 4.39 Å². The van der Waals surface area contributed by atoms with Gasteiger partial charge in [-0.3, -0.25) is 0 Å². The number of aromatic nitrogens is 1. The van der Waals surface area contributed by atoms with Gasteiger partial charge in [0.05, 0.1) is 22.9 Å². The molecule has 6 heteroatoms. The SMILES string of the molecule is CN(Cc1nc(NN)ccc1Cl)c1ccccc1F. The molecule has 2 rings (SSSR count). The maximum atomic E-state index is 13.7. The standard InChI is InChI=1S/C13H14ClFN4/c1-19(12-5-3-2-4-10(12)15)8-11-9(14)6-7-13(17-11)18-16/h2-7H,8,16H2,1H3,(H,17,18). The van der Waals surface area contributed by atoms with Crippen molar-refractivity contribution >= 4 is 23.1 Å². The summed E-state index contributed by atoms with van der Waals surface area (Å²) in [4.78, 5) is 5.99. The summed E-state index contributed by atoms with van der Waals surface area (Å²) in [6, 6.07) is 9.93. The van der Waals surface area contributed by atoms with E-state index in [2.05, 4.69) is 10.4 Å². The third-order valence-electron chi connectivity index (χ3n) is 2.72. The van der Waals surface area contributed by atoms with Crippen LogP contribution < -0.4 is 16.2 Å². The van der Waals surface area contributed by atoms with Gasteiger partial charge in [-0.2, -0.15) is 0 Å². The number of anilines is 2. The van der Waals surface area contributed by atoms with Crippen LogP contribution in [0.3, 0.4) is 0 Å². The first-order valence-corrected chi connectivity index (χ1v) is 6.07. The Morgan fingerprint density at radius 3 is 2.74 bits per heavy atom. The van der Waals surface area contributed by atoms with Gasteiger partial charge in [0.1, 0.15) is 11.6 Å². The smallest absolute Gasteiger partial charge is 0.146 e. The van der Waals surface area contributed by atoms with Crippen molar-refractivity contribution in [2.24, 2.45) is 5.84 Å². The number of halogens is 2. The summed E-state index contributed by atoms with van der Waals surface area (Å²) in [6.45, 7) is 0.384. The van der Waals surface area contributed by atoms with Gasteiger partial charge < -0.3 is 10.3 Å². The number of rotatable bonds is 4. The second-order valence-electron chi connectivity index (χ2n) is 4.08. The van der Waals surface area contributed by atoms with E-state index in [9.17, 15) is 4.39 Å². The molecule has 0 saturated carbocycles. The summed E-state index contributed by atoms with van der Waals surface area (Å²) in [6.07, 6.45) is 0. The van der Waals surface area contributed by atoms with Gasteiger partial charge in [-0.1, -0.05) is 23.7 Å². The average Bonchev–Trinajstić information content (AvgIpc) is 2.41. The molecule has 0 unspecified atom stereocenters. The molecule has 0 atom stereocenters. The highest BCUT2D eigenvalue weighted by Crippen LogP contribution is 2.22. The van der Waals surface area contributed by atoms with Crippen LogP contribution in [0.4, 0.5) is 15.9 Å². The Morgan fingerprint density at radius 2 is 2.05 bits per heavy atom. The van der Waals surface area contributed by atoms with Gasteiger partial charge in [-0.25, -0.2) is 15.2 Å². The highest BCUT2D eigenvalue weighted by molar-refractivity contribution is 6.31. The van der Waals surface area contributed by atoms with E-state index in [4.69, 9.17) is 17.4 Å². The molecule has 1 aromatic heterocycles. The monoisotopic (exact) mass is 280 g/mol. The lowest BCUT2D eigenvalue weighted by Gasteiger charge is -2.20. The van der Waals surface area contributed by atoms with Gasteiger partial charge in [-0.05, 0) is 24.3 Å². The molecule has 3 N–H and O–H groups in total. The summed E-state index contributed by atoms with van der Waals surface area (Å²) < 4.78 is 13.7. The Bertz CT molecular complexity index is 576. The number of hydrogen-bond acceptors (Lipinski definition) is 4. The van der Waals surface area contributed by atoms with E-state index in [1.807, 2.05) is 0 Å². The lowest BCUT2D eigenvalue weighted by Crippen LogP contribution is -2.19. The lowest BCUT2D eigenvalue weighted by molar-refractivity contribution is 0.622. The number of nitrogens with zero attached hydrogens (tertiary/aromatic N) is 2. The van der Waals surface area contributed by atoms with Crippen LogP contribution >= 0.6 is 11.6 Å². The molecule has 1 heterocycles. The van der Waals surface area contributed by atoms with E-state index >= 15 is 0 Å². The molecule has 19 heavy (non-hydrogen) atoms. The maximum Gasteiger partial charge on any atom is 0.146 e. The van der Waals surface area contributed by atoms with Crippen LogP contribution in [-0.4, -0.2) is 12.0 Å². The molecule has 2 aromatic rings. The minimum Gasteiger partial charge on any atom is -0.366 e. The molecule has 4 nitrogen and oxygen atoms in total. The molecule has 0 aliphatic heterocycles. The van der Waals surface area contributed by atoms with E-state index in [-0.39, 0.29) is 5.82 Å². The number of hydrazine groups is 1. The number of para-hydroxylation sites is 1. The van der Waals surface area contributed by atoms with Crippen LogP contribution in [0.25, 0.3) is 0 Å². The fourth-order valence-electron chi connectivity index (χ4n) is 1.75. The minimum atomic E-state index is -0.283. The van der Waals surface area contributed by atoms with Crippen molar-refractivity contribution in [3.63, 3.8) is 0 Å². The number of nitrogens with one attached hydrogen (secondary N) is 1. The van der Waals surface area contributed by atoms with Crippen molar-refractivity contribution in [1.29, 1.82) is 0 Å². The van der Waals surface area contributed by atoms with Crippen molar-refractivity contribution in [2.75, 3.05) is 17.4 Å². The van der Waals surface area contributed by atoms with Crippen LogP contribution in [0.15, 0.2) is 36.4 Å². The van der Waals surface area contributed by atoms with Gasteiger partial charge in [-0.15, -0.1) is 0 Å². The molecule has 0 aliphatic carbocycles. The summed E-state index contributed by atoms with van der Waals surface area (Å²) in [5.74, 6) is 5.54.